The highest BCUT2D eigenvalue weighted by Gasteiger charge is 2.14. The second kappa shape index (κ2) is 6.90. The average Bonchev–Trinajstić information content (AvgIpc) is 2.93. The van der Waals surface area contributed by atoms with Crippen LogP contribution in [-0.2, 0) is 0 Å². The summed E-state index contributed by atoms with van der Waals surface area (Å²) < 4.78 is 2.00. The predicted octanol–water partition coefficient (Wildman–Crippen LogP) is 3.49. The number of benzene rings is 1. The standard InChI is InChI=1S/C16H21N3/c1-3-8-15(17-12-4-2)16-11-13-18-19(16)14-9-6-5-7-10-14/h3,5-7,9-11,13,15,17H,1,4,8,12H2,2H3. The minimum absolute atomic E-state index is 0.264. The van der Waals surface area contributed by atoms with Gasteiger partial charge in [-0.3, -0.25) is 0 Å². The fourth-order valence-electron chi connectivity index (χ4n) is 2.16. The van der Waals surface area contributed by atoms with Crippen LogP contribution in [0.15, 0.2) is 55.3 Å². The van der Waals surface area contributed by atoms with E-state index in [1.807, 2.05) is 35.2 Å². The molecule has 100 valence electrons. The summed E-state index contributed by atoms with van der Waals surface area (Å²) in [5.74, 6) is 0. The van der Waals surface area contributed by atoms with Crippen LogP contribution in [0, 0.1) is 0 Å². The minimum Gasteiger partial charge on any atom is -0.308 e. The zero-order valence-corrected chi connectivity index (χ0v) is 11.4. The van der Waals surface area contributed by atoms with E-state index in [1.165, 1.54) is 5.69 Å². The van der Waals surface area contributed by atoms with Crippen molar-refractivity contribution in [1.29, 1.82) is 0 Å². The summed E-state index contributed by atoms with van der Waals surface area (Å²) in [6.07, 6.45) is 5.83. The van der Waals surface area contributed by atoms with E-state index in [2.05, 4.69) is 42.1 Å². The molecule has 1 aromatic heterocycles. The molecule has 0 bridgehead atoms. The summed E-state index contributed by atoms with van der Waals surface area (Å²) in [5, 5.41) is 7.99. The molecule has 0 spiro atoms. The molecule has 2 aromatic rings. The van der Waals surface area contributed by atoms with Crippen LogP contribution < -0.4 is 5.32 Å². The van der Waals surface area contributed by atoms with Crippen molar-refractivity contribution in [3.05, 3.63) is 60.9 Å². The Bertz CT molecular complexity index is 502. The lowest BCUT2D eigenvalue weighted by Gasteiger charge is -2.18. The Labute approximate surface area is 115 Å². The number of para-hydroxylation sites is 1. The molecule has 0 aliphatic heterocycles. The van der Waals surface area contributed by atoms with Crippen molar-refractivity contribution in [2.24, 2.45) is 0 Å². The highest BCUT2D eigenvalue weighted by Crippen LogP contribution is 2.20. The first kappa shape index (κ1) is 13.6. The Balaban J connectivity index is 2.28. The van der Waals surface area contributed by atoms with Crippen molar-refractivity contribution in [3.63, 3.8) is 0 Å². The van der Waals surface area contributed by atoms with Gasteiger partial charge in [-0.15, -0.1) is 6.58 Å². The lowest BCUT2D eigenvalue weighted by atomic mass is 10.1. The molecule has 0 fully saturated rings. The lowest BCUT2D eigenvalue weighted by molar-refractivity contribution is 0.512. The summed E-state index contributed by atoms with van der Waals surface area (Å²) in [5.41, 5.74) is 2.27. The van der Waals surface area contributed by atoms with Crippen molar-refractivity contribution in [1.82, 2.24) is 15.1 Å². The first-order valence-corrected chi connectivity index (χ1v) is 6.80. The molecule has 0 saturated carbocycles. The summed E-state index contributed by atoms with van der Waals surface area (Å²) in [6, 6.07) is 12.6. The van der Waals surface area contributed by atoms with E-state index in [0.717, 1.165) is 25.1 Å². The van der Waals surface area contributed by atoms with Gasteiger partial charge < -0.3 is 5.32 Å². The molecule has 2 rings (SSSR count). The van der Waals surface area contributed by atoms with Gasteiger partial charge in [0.1, 0.15) is 0 Å². The molecule has 3 nitrogen and oxygen atoms in total. The summed E-state index contributed by atoms with van der Waals surface area (Å²) in [6.45, 7) is 7.02. The Kier molecular flexibility index (Phi) is 4.93. The van der Waals surface area contributed by atoms with E-state index in [-0.39, 0.29) is 6.04 Å². The van der Waals surface area contributed by atoms with Gasteiger partial charge in [0.25, 0.3) is 0 Å². The van der Waals surface area contributed by atoms with Crippen molar-refractivity contribution in [3.8, 4) is 5.69 Å². The van der Waals surface area contributed by atoms with E-state index in [0.29, 0.717) is 0 Å². The molecule has 0 radical (unpaired) electrons. The highest BCUT2D eigenvalue weighted by molar-refractivity contribution is 5.33. The maximum atomic E-state index is 4.44. The quantitative estimate of drug-likeness (QED) is 0.767. The third-order valence-corrected chi connectivity index (χ3v) is 3.07. The smallest absolute Gasteiger partial charge is 0.0649 e. The molecular formula is C16H21N3. The molecule has 0 saturated heterocycles. The summed E-state index contributed by atoms with van der Waals surface area (Å²) in [4.78, 5) is 0. The van der Waals surface area contributed by atoms with Crippen LogP contribution in [0.1, 0.15) is 31.5 Å². The largest absolute Gasteiger partial charge is 0.308 e. The van der Waals surface area contributed by atoms with Crippen molar-refractivity contribution in [2.45, 2.75) is 25.8 Å². The molecule has 1 N–H and O–H groups in total. The van der Waals surface area contributed by atoms with Gasteiger partial charge in [0.2, 0.25) is 0 Å². The van der Waals surface area contributed by atoms with Crippen LogP contribution in [0.25, 0.3) is 5.69 Å². The predicted molar refractivity (Wildman–Crippen MR) is 79.4 cm³/mol. The second-order valence-electron chi connectivity index (χ2n) is 4.53. The molecule has 0 aliphatic rings. The van der Waals surface area contributed by atoms with Crippen molar-refractivity contribution in [2.75, 3.05) is 6.54 Å². The number of hydrogen-bond acceptors (Lipinski definition) is 2. The molecule has 1 atom stereocenters. The van der Waals surface area contributed by atoms with E-state index in [1.54, 1.807) is 0 Å². The normalized spacial score (nSPS) is 12.3. The maximum Gasteiger partial charge on any atom is 0.0649 e. The van der Waals surface area contributed by atoms with Crippen LogP contribution in [0.3, 0.4) is 0 Å². The molecule has 19 heavy (non-hydrogen) atoms. The van der Waals surface area contributed by atoms with Crippen molar-refractivity contribution < 1.29 is 0 Å². The third kappa shape index (κ3) is 3.32. The van der Waals surface area contributed by atoms with Gasteiger partial charge in [0.05, 0.1) is 17.4 Å². The van der Waals surface area contributed by atoms with Gasteiger partial charge in [-0.05, 0) is 37.6 Å². The average molecular weight is 255 g/mol. The molecule has 0 aliphatic carbocycles. The topological polar surface area (TPSA) is 29.9 Å². The van der Waals surface area contributed by atoms with Crippen LogP contribution in [0.4, 0.5) is 0 Å². The van der Waals surface area contributed by atoms with Crippen LogP contribution >= 0.6 is 0 Å². The second-order valence-corrected chi connectivity index (χ2v) is 4.53. The number of rotatable bonds is 7. The van der Waals surface area contributed by atoms with Crippen LogP contribution in [-0.4, -0.2) is 16.3 Å². The van der Waals surface area contributed by atoms with Crippen LogP contribution in [0.2, 0.25) is 0 Å². The van der Waals surface area contributed by atoms with E-state index >= 15 is 0 Å². The van der Waals surface area contributed by atoms with E-state index < -0.39 is 0 Å². The number of nitrogens with zero attached hydrogens (tertiary/aromatic N) is 2. The molecule has 0 amide bonds. The van der Waals surface area contributed by atoms with Gasteiger partial charge in [0, 0.05) is 6.20 Å². The Morgan fingerprint density at radius 3 is 2.79 bits per heavy atom. The molecule has 1 aromatic carbocycles. The van der Waals surface area contributed by atoms with Crippen LogP contribution in [0.5, 0.6) is 0 Å². The fourth-order valence-corrected chi connectivity index (χ4v) is 2.16. The monoisotopic (exact) mass is 255 g/mol. The Morgan fingerprint density at radius 1 is 1.32 bits per heavy atom. The van der Waals surface area contributed by atoms with E-state index in [9.17, 15) is 0 Å². The zero-order chi connectivity index (χ0) is 13.5. The molecule has 3 heteroatoms. The van der Waals surface area contributed by atoms with Gasteiger partial charge in [-0.2, -0.15) is 5.10 Å². The third-order valence-electron chi connectivity index (χ3n) is 3.07. The van der Waals surface area contributed by atoms with E-state index in [4.69, 9.17) is 0 Å². The number of hydrogen-bond donors (Lipinski definition) is 1. The molecule has 1 heterocycles. The first-order chi connectivity index (χ1) is 9.36. The minimum atomic E-state index is 0.264. The van der Waals surface area contributed by atoms with Crippen molar-refractivity contribution >= 4 is 0 Å². The summed E-state index contributed by atoms with van der Waals surface area (Å²) in [7, 11) is 0. The fraction of sp³-hybridized carbons (Fsp3) is 0.312. The molecular weight excluding hydrogens is 234 g/mol. The zero-order valence-electron chi connectivity index (χ0n) is 11.4. The van der Waals surface area contributed by atoms with Gasteiger partial charge >= 0.3 is 0 Å². The van der Waals surface area contributed by atoms with Gasteiger partial charge in [-0.1, -0.05) is 31.2 Å². The molecule has 1 unspecified atom stereocenters. The number of nitrogens with one attached hydrogen (secondary N) is 1. The SMILES string of the molecule is C=CCC(NCCC)c1ccnn1-c1ccccc1. The lowest BCUT2D eigenvalue weighted by Crippen LogP contribution is -2.24. The van der Waals surface area contributed by atoms with Gasteiger partial charge in [0.15, 0.2) is 0 Å². The van der Waals surface area contributed by atoms with Gasteiger partial charge in [-0.25, -0.2) is 4.68 Å². The Morgan fingerprint density at radius 2 is 2.11 bits per heavy atom. The Hall–Kier alpha value is -1.87. The number of aromatic nitrogens is 2. The summed E-state index contributed by atoms with van der Waals surface area (Å²) >= 11 is 0. The first-order valence-electron chi connectivity index (χ1n) is 6.80. The maximum absolute atomic E-state index is 4.44. The highest BCUT2D eigenvalue weighted by atomic mass is 15.3.